The normalized spacial score (nSPS) is 11.4. The molecular formula is C15H19NO3S. The maximum atomic E-state index is 11.6. The number of rotatable bonds is 6. The van der Waals surface area contributed by atoms with Crippen LogP contribution in [0.1, 0.15) is 20.8 Å². The SMILES string of the molecule is CC#CCOc1ccc(S[C@H](C(=O)NO)C(C)C)cc1. The van der Waals surface area contributed by atoms with E-state index in [2.05, 4.69) is 11.8 Å². The van der Waals surface area contributed by atoms with Crippen molar-refractivity contribution >= 4 is 17.7 Å². The molecule has 0 radical (unpaired) electrons. The first-order valence-electron chi connectivity index (χ1n) is 6.31. The highest BCUT2D eigenvalue weighted by molar-refractivity contribution is 8.00. The second-order valence-corrected chi connectivity index (χ2v) is 5.66. The van der Waals surface area contributed by atoms with Crippen molar-refractivity contribution in [3.8, 4) is 17.6 Å². The van der Waals surface area contributed by atoms with Crippen molar-refractivity contribution in [3.63, 3.8) is 0 Å². The predicted octanol–water partition coefficient (Wildman–Crippen LogP) is 2.71. The summed E-state index contributed by atoms with van der Waals surface area (Å²) < 4.78 is 5.42. The topological polar surface area (TPSA) is 58.6 Å². The van der Waals surface area contributed by atoms with Crippen molar-refractivity contribution in [3.05, 3.63) is 24.3 Å². The molecular weight excluding hydrogens is 274 g/mol. The van der Waals surface area contributed by atoms with Gasteiger partial charge in [-0.25, -0.2) is 5.48 Å². The molecule has 5 heteroatoms. The van der Waals surface area contributed by atoms with Crippen LogP contribution >= 0.6 is 11.8 Å². The zero-order valence-electron chi connectivity index (χ0n) is 11.8. The summed E-state index contributed by atoms with van der Waals surface area (Å²) in [6.45, 7) is 6.01. The molecule has 0 heterocycles. The third-order valence-electron chi connectivity index (χ3n) is 2.55. The van der Waals surface area contributed by atoms with Crippen molar-refractivity contribution in [2.75, 3.05) is 6.61 Å². The number of hydroxylamine groups is 1. The van der Waals surface area contributed by atoms with Crippen molar-refractivity contribution in [2.45, 2.75) is 30.9 Å². The molecule has 0 aliphatic carbocycles. The molecule has 0 aliphatic rings. The van der Waals surface area contributed by atoms with Crippen LogP contribution in [-0.4, -0.2) is 23.0 Å². The van der Waals surface area contributed by atoms with Gasteiger partial charge in [0.05, 0.1) is 5.25 Å². The van der Waals surface area contributed by atoms with E-state index in [1.807, 2.05) is 38.1 Å². The van der Waals surface area contributed by atoms with Crippen LogP contribution in [0, 0.1) is 17.8 Å². The number of thioether (sulfide) groups is 1. The zero-order chi connectivity index (χ0) is 15.0. The van der Waals surface area contributed by atoms with E-state index < -0.39 is 0 Å². The van der Waals surface area contributed by atoms with E-state index in [0.717, 1.165) is 10.6 Å². The Labute approximate surface area is 123 Å². The summed E-state index contributed by atoms with van der Waals surface area (Å²) in [7, 11) is 0. The van der Waals surface area contributed by atoms with Gasteiger partial charge in [-0.2, -0.15) is 0 Å². The Morgan fingerprint density at radius 3 is 2.55 bits per heavy atom. The lowest BCUT2D eigenvalue weighted by molar-refractivity contribution is -0.129. The fourth-order valence-electron chi connectivity index (χ4n) is 1.51. The largest absolute Gasteiger partial charge is 0.481 e. The van der Waals surface area contributed by atoms with Crippen LogP contribution < -0.4 is 10.2 Å². The molecule has 0 bridgehead atoms. The molecule has 20 heavy (non-hydrogen) atoms. The maximum Gasteiger partial charge on any atom is 0.257 e. The molecule has 0 aromatic heterocycles. The lowest BCUT2D eigenvalue weighted by Crippen LogP contribution is -2.33. The van der Waals surface area contributed by atoms with Crippen molar-refractivity contribution in [1.29, 1.82) is 0 Å². The van der Waals surface area contributed by atoms with Crippen LogP contribution in [0.25, 0.3) is 0 Å². The van der Waals surface area contributed by atoms with Gasteiger partial charge >= 0.3 is 0 Å². The fraction of sp³-hybridized carbons (Fsp3) is 0.400. The van der Waals surface area contributed by atoms with Gasteiger partial charge in [-0.05, 0) is 37.1 Å². The summed E-state index contributed by atoms with van der Waals surface area (Å²) in [5.74, 6) is 6.05. The number of amides is 1. The van der Waals surface area contributed by atoms with E-state index >= 15 is 0 Å². The highest BCUT2D eigenvalue weighted by atomic mass is 32.2. The number of carbonyl (C=O) groups excluding carboxylic acids is 1. The Balaban J connectivity index is 2.67. The minimum atomic E-state index is -0.386. The fourth-order valence-corrected chi connectivity index (χ4v) is 2.53. The van der Waals surface area contributed by atoms with Gasteiger partial charge in [0, 0.05) is 4.90 Å². The molecule has 0 fully saturated rings. The summed E-state index contributed by atoms with van der Waals surface area (Å²) >= 11 is 1.41. The van der Waals surface area contributed by atoms with E-state index in [0.29, 0.717) is 6.61 Å². The van der Waals surface area contributed by atoms with Gasteiger partial charge in [0.2, 0.25) is 0 Å². The molecule has 1 aromatic carbocycles. The van der Waals surface area contributed by atoms with Crippen LogP contribution in [-0.2, 0) is 4.79 Å². The number of ether oxygens (including phenoxy) is 1. The highest BCUT2D eigenvalue weighted by Gasteiger charge is 2.22. The van der Waals surface area contributed by atoms with Crippen molar-refractivity contribution in [1.82, 2.24) is 5.48 Å². The smallest absolute Gasteiger partial charge is 0.257 e. The summed E-state index contributed by atoms with van der Waals surface area (Å²) in [6.07, 6.45) is 0. The number of benzene rings is 1. The van der Waals surface area contributed by atoms with Crippen LogP contribution in [0.4, 0.5) is 0 Å². The molecule has 1 aromatic rings. The molecule has 1 atom stereocenters. The van der Waals surface area contributed by atoms with Crippen LogP contribution in [0.2, 0.25) is 0 Å². The predicted molar refractivity (Wildman–Crippen MR) is 79.8 cm³/mol. The summed E-state index contributed by atoms with van der Waals surface area (Å²) in [4.78, 5) is 12.5. The highest BCUT2D eigenvalue weighted by Crippen LogP contribution is 2.29. The second-order valence-electron chi connectivity index (χ2n) is 4.45. The summed E-state index contributed by atoms with van der Waals surface area (Å²) in [5.41, 5.74) is 1.71. The van der Waals surface area contributed by atoms with Gasteiger partial charge in [-0.15, -0.1) is 17.7 Å². The Bertz CT molecular complexity index is 488. The van der Waals surface area contributed by atoms with E-state index in [1.54, 1.807) is 12.4 Å². The lowest BCUT2D eigenvalue weighted by Gasteiger charge is -2.18. The van der Waals surface area contributed by atoms with E-state index in [9.17, 15) is 4.79 Å². The molecule has 1 rings (SSSR count). The first kappa shape index (κ1) is 16.4. The first-order valence-corrected chi connectivity index (χ1v) is 7.19. The summed E-state index contributed by atoms with van der Waals surface area (Å²) in [5, 5.41) is 8.42. The average molecular weight is 293 g/mol. The Kier molecular flexibility index (Phi) is 6.99. The first-order chi connectivity index (χ1) is 9.58. The van der Waals surface area contributed by atoms with Crippen LogP contribution in [0.15, 0.2) is 29.2 Å². The number of nitrogens with one attached hydrogen (secondary N) is 1. The molecule has 0 unspecified atom stereocenters. The van der Waals surface area contributed by atoms with Crippen LogP contribution in [0.3, 0.4) is 0 Å². The third kappa shape index (κ3) is 5.16. The molecule has 0 saturated carbocycles. The van der Waals surface area contributed by atoms with Crippen molar-refractivity contribution < 1.29 is 14.7 Å². The third-order valence-corrected chi connectivity index (χ3v) is 4.11. The zero-order valence-corrected chi connectivity index (χ0v) is 12.7. The van der Waals surface area contributed by atoms with Gasteiger partial charge in [-0.1, -0.05) is 19.8 Å². The Morgan fingerprint density at radius 2 is 2.05 bits per heavy atom. The van der Waals surface area contributed by atoms with E-state index in [4.69, 9.17) is 9.94 Å². The quantitative estimate of drug-likeness (QED) is 0.366. The molecule has 1 amide bonds. The minimum absolute atomic E-state index is 0.114. The van der Waals surface area contributed by atoms with Gasteiger partial charge in [0.15, 0.2) is 0 Å². The molecule has 2 N–H and O–H groups in total. The standard InChI is InChI=1S/C15H19NO3S/c1-4-5-10-19-12-6-8-13(9-7-12)20-14(11(2)3)15(17)16-18/h6-9,11,14,18H,10H2,1-3H3,(H,16,17)/t14-/m0/s1. The second kappa shape index (κ2) is 8.51. The van der Waals surface area contributed by atoms with E-state index in [1.165, 1.54) is 11.8 Å². The number of hydrogen-bond acceptors (Lipinski definition) is 4. The lowest BCUT2D eigenvalue weighted by atomic mass is 10.1. The monoisotopic (exact) mass is 293 g/mol. The summed E-state index contributed by atoms with van der Waals surface area (Å²) in [6, 6.07) is 7.46. The van der Waals surface area contributed by atoms with Crippen LogP contribution in [0.5, 0.6) is 5.75 Å². The Morgan fingerprint density at radius 1 is 1.40 bits per heavy atom. The maximum absolute atomic E-state index is 11.6. The van der Waals surface area contributed by atoms with E-state index in [-0.39, 0.29) is 17.1 Å². The molecule has 0 saturated heterocycles. The number of carbonyl (C=O) groups is 1. The van der Waals surface area contributed by atoms with Gasteiger partial charge in [-0.3, -0.25) is 10.0 Å². The van der Waals surface area contributed by atoms with Crippen molar-refractivity contribution in [2.24, 2.45) is 5.92 Å². The average Bonchev–Trinajstić information content (AvgIpc) is 2.45. The molecule has 108 valence electrons. The van der Waals surface area contributed by atoms with Gasteiger partial charge in [0.1, 0.15) is 12.4 Å². The molecule has 0 spiro atoms. The van der Waals surface area contributed by atoms with Gasteiger partial charge < -0.3 is 4.74 Å². The minimum Gasteiger partial charge on any atom is -0.481 e. The number of hydrogen-bond donors (Lipinski definition) is 2. The Hall–Kier alpha value is -1.64. The van der Waals surface area contributed by atoms with Gasteiger partial charge in [0.25, 0.3) is 5.91 Å². The molecule has 0 aliphatic heterocycles. The molecule has 4 nitrogen and oxygen atoms in total.